The van der Waals surface area contributed by atoms with Gasteiger partial charge in [0.05, 0.1) is 6.10 Å². The molecule has 6 heteroatoms. The first-order valence-electron chi connectivity index (χ1n) is 7.46. The molecule has 5 nitrogen and oxygen atoms in total. The van der Waals surface area contributed by atoms with Crippen LogP contribution in [0.5, 0.6) is 0 Å². The minimum atomic E-state index is -1.04. The minimum absolute atomic E-state index is 0.409. The Balaban J connectivity index is 2.10. The zero-order valence-corrected chi connectivity index (χ0v) is 13.5. The van der Waals surface area contributed by atoms with Crippen LogP contribution >= 0.6 is 11.5 Å². The number of piperidine rings is 1. The van der Waals surface area contributed by atoms with Crippen LogP contribution in [-0.2, 0) is 11.3 Å². The summed E-state index contributed by atoms with van der Waals surface area (Å²) in [5.74, 6) is -0.436. The first-order valence-corrected chi connectivity index (χ1v) is 8.30. The molecule has 0 unspecified atom stereocenters. The van der Waals surface area contributed by atoms with Gasteiger partial charge in [-0.1, -0.05) is 13.8 Å². The normalized spacial score (nSPS) is 27.1. The van der Waals surface area contributed by atoms with Crippen molar-refractivity contribution in [1.82, 2.24) is 9.27 Å². The zero-order chi connectivity index (χ0) is 15.5. The molecule has 2 heterocycles. The molecule has 21 heavy (non-hydrogen) atoms. The quantitative estimate of drug-likeness (QED) is 0.842. The summed E-state index contributed by atoms with van der Waals surface area (Å²) >= 11 is 1.41. The highest BCUT2D eigenvalue weighted by Gasteiger charge is 2.48. The molecule has 118 valence electrons. The van der Waals surface area contributed by atoms with Gasteiger partial charge in [0.2, 0.25) is 0 Å². The second-order valence-corrected chi connectivity index (χ2v) is 7.10. The van der Waals surface area contributed by atoms with Crippen molar-refractivity contribution >= 4 is 17.5 Å². The monoisotopic (exact) mass is 312 g/mol. The molecule has 1 aromatic rings. The summed E-state index contributed by atoms with van der Waals surface area (Å²) < 4.78 is 4.08. The van der Waals surface area contributed by atoms with E-state index >= 15 is 0 Å². The number of hydrogen-bond donors (Lipinski definition) is 2. The fourth-order valence-corrected chi connectivity index (χ4v) is 3.50. The van der Waals surface area contributed by atoms with Gasteiger partial charge in [0.25, 0.3) is 0 Å². The molecule has 0 saturated carbocycles. The summed E-state index contributed by atoms with van der Waals surface area (Å²) in [6, 6.07) is 0. The number of rotatable bonds is 6. The summed E-state index contributed by atoms with van der Waals surface area (Å²) in [6.07, 6.45) is 2.93. The van der Waals surface area contributed by atoms with Crippen molar-refractivity contribution in [1.29, 1.82) is 0 Å². The average Bonchev–Trinajstić information content (AvgIpc) is 2.92. The number of carboxylic acid groups (broad SMARTS) is 1. The van der Waals surface area contributed by atoms with Gasteiger partial charge in [-0.05, 0) is 42.3 Å². The third-order valence-corrected chi connectivity index (χ3v) is 4.98. The fourth-order valence-electron chi connectivity index (χ4n) is 2.97. The third-order valence-electron chi connectivity index (χ3n) is 4.35. The number of carboxylic acids is 1. The van der Waals surface area contributed by atoms with Crippen LogP contribution in [0.2, 0.25) is 0 Å². The lowest BCUT2D eigenvalue weighted by molar-refractivity contribution is -0.165. The van der Waals surface area contributed by atoms with E-state index in [0.29, 0.717) is 31.8 Å². The molecule has 0 amide bonds. The molecule has 1 saturated heterocycles. The summed E-state index contributed by atoms with van der Waals surface area (Å²) in [5, 5.41) is 22.0. The predicted octanol–water partition coefficient (Wildman–Crippen LogP) is 2.22. The van der Waals surface area contributed by atoms with E-state index < -0.39 is 17.5 Å². The molecule has 2 N–H and O–H groups in total. The summed E-state index contributed by atoms with van der Waals surface area (Å²) in [4.78, 5) is 14.0. The lowest BCUT2D eigenvalue weighted by Gasteiger charge is -2.43. The molecule has 1 fully saturated rings. The summed E-state index contributed by atoms with van der Waals surface area (Å²) in [6.45, 7) is 6.01. The first kappa shape index (κ1) is 16.4. The lowest BCUT2D eigenvalue weighted by Crippen LogP contribution is -2.55. The summed E-state index contributed by atoms with van der Waals surface area (Å²) in [7, 11) is 0. The van der Waals surface area contributed by atoms with Crippen LogP contribution in [0.15, 0.2) is 11.6 Å². The molecule has 0 spiro atoms. The highest BCUT2D eigenvalue weighted by molar-refractivity contribution is 7.03. The van der Waals surface area contributed by atoms with Crippen LogP contribution in [0.4, 0.5) is 0 Å². The van der Waals surface area contributed by atoms with Gasteiger partial charge in [0.15, 0.2) is 0 Å². The van der Waals surface area contributed by atoms with Crippen molar-refractivity contribution in [3.8, 4) is 0 Å². The van der Waals surface area contributed by atoms with Gasteiger partial charge in [0.1, 0.15) is 5.41 Å². The Morgan fingerprint density at radius 1 is 1.62 bits per heavy atom. The van der Waals surface area contributed by atoms with Gasteiger partial charge in [-0.15, -0.1) is 0 Å². The van der Waals surface area contributed by atoms with Crippen LogP contribution in [0, 0.1) is 11.3 Å². The van der Waals surface area contributed by atoms with E-state index in [4.69, 9.17) is 0 Å². The molecule has 1 aliphatic heterocycles. The van der Waals surface area contributed by atoms with Crippen molar-refractivity contribution < 1.29 is 15.0 Å². The molecule has 0 bridgehead atoms. The Labute approximate surface area is 129 Å². The van der Waals surface area contributed by atoms with Crippen molar-refractivity contribution in [3.63, 3.8) is 0 Å². The number of aliphatic hydroxyl groups excluding tert-OH is 1. The number of carbonyl (C=O) groups is 1. The SMILES string of the molecule is CC(C)CC[C@@]1(C(=O)O)CN(Cc2cnsc2)CC[C@@H]1O. The molecule has 1 aromatic heterocycles. The van der Waals surface area contributed by atoms with Gasteiger partial charge in [-0.3, -0.25) is 9.69 Å². The second-order valence-electron chi connectivity index (χ2n) is 6.44. The van der Waals surface area contributed by atoms with Crippen LogP contribution in [0.1, 0.15) is 38.7 Å². The maximum absolute atomic E-state index is 11.9. The van der Waals surface area contributed by atoms with E-state index in [2.05, 4.69) is 23.1 Å². The van der Waals surface area contributed by atoms with Crippen molar-refractivity contribution in [2.75, 3.05) is 13.1 Å². The van der Waals surface area contributed by atoms with Crippen LogP contribution in [-0.4, -0.2) is 44.6 Å². The molecule has 1 aliphatic rings. The number of nitrogens with zero attached hydrogens (tertiary/aromatic N) is 2. The van der Waals surface area contributed by atoms with Crippen LogP contribution < -0.4 is 0 Å². The Kier molecular flexibility index (Phi) is 5.35. The highest BCUT2D eigenvalue weighted by Crippen LogP contribution is 2.37. The highest BCUT2D eigenvalue weighted by atomic mass is 32.1. The van der Waals surface area contributed by atoms with E-state index in [-0.39, 0.29) is 0 Å². The van der Waals surface area contributed by atoms with Gasteiger partial charge in [-0.25, -0.2) is 4.37 Å². The third kappa shape index (κ3) is 3.81. The summed E-state index contributed by atoms with van der Waals surface area (Å²) in [5.41, 5.74) is 0.0749. The van der Waals surface area contributed by atoms with E-state index in [9.17, 15) is 15.0 Å². The first-order chi connectivity index (χ1) is 9.94. The molecule has 2 atom stereocenters. The van der Waals surface area contributed by atoms with E-state index in [1.807, 2.05) is 11.6 Å². The van der Waals surface area contributed by atoms with Crippen LogP contribution in [0.25, 0.3) is 0 Å². The Morgan fingerprint density at radius 3 is 2.95 bits per heavy atom. The van der Waals surface area contributed by atoms with Crippen molar-refractivity contribution in [2.45, 2.75) is 45.8 Å². The van der Waals surface area contributed by atoms with E-state index in [1.165, 1.54) is 11.5 Å². The molecule has 2 rings (SSSR count). The largest absolute Gasteiger partial charge is 0.481 e. The fraction of sp³-hybridized carbons (Fsp3) is 0.733. The number of hydrogen-bond acceptors (Lipinski definition) is 5. The van der Waals surface area contributed by atoms with Crippen LogP contribution in [0.3, 0.4) is 0 Å². The maximum Gasteiger partial charge on any atom is 0.313 e. The molecular weight excluding hydrogens is 288 g/mol. The molecular formula is C15H24N2O3S. The van der Waals surface area contributed by atoms with Gasteiger partial charge in [0, 0.05) is 31.2 Å². The molecule has 0 aliphatic carbocycles. The topological polar surface area (TPSA) is 73.7 Å². The predicted molar refractivity (Wildman–Crippen MR) is 82.2 cm³/mol. The van der Waals surface area contributed by atoms with E-state index in [1.54, 1.807) is 0 Å². The second kappa shape index (κ2) is 6.85. The van der Waals surface area contributed by atoms with Gasteiger partial charge >= 0.3 is 5.97 Å². The molecule has 0 radical (unpaired) electrons. The average molecular weight is 312 g/mol. The number of aliphatic hydroxyl groups is 1. The standard InChI is InChI=1S/C15H24N2O3S/c1-11(2)3-5-15(14(19)20)10-17(6-4-13(15)18)8-12-7-16-21-9-12/h7,9,11,13,18H,3-6,8,10H2,1-2H3,(H,19,20)/t13-,15+/m0/s1. The maximum atomic E-state index is 11.9. The zero-order valence-electron chi connectivity index (χ0n) is 12.7. The smallest absolute Gasteiger partial charge is 0.313 e. The number of aromatic nitrogens is 1. The Hall–Kier alpha value is -0.980. The van der Waals surface area contributed by atoms with Gasteiger partial charge < -0.3 is 10.2 Å². The molecule has 0 aromatic carbocycles. The Bertz CT molecular complexity index is 463. The Morgan fingerprint density at radius 2 is 2.38 bits per heavy atom. The van der Waals surface area contributed by atoms with Crippen molar-refractivity contribution in [3.05, 3.63) is 17.1 Å². The minimum Gasteiger partial charge on any atom is -0.481 e. The van der Waals surface area contributed by atoms with Gasteiger partial charge in [-0.2, -0.15) is 0 Å². The lowest BCUT2D eigenvalue weighted by atomic mass is 9.72. The number of likely N-dealkylation sites (tertiary alicyclic amines) is 1. The van der Waals surface area contributed by atoms with E-state index in [0.717, 1.165) is 18.5 Å². The number of aliphatic carboxylic acids is 1. The van der Waals surface area contributed by atoms with Crippen molar-refractivity contribution in [2.24, 2.45) is 11.3 Å².